The van der Waals surface area contributed by atoms with E-state index in [2.05, 4.69) is 5.32 Å². The normalized spacial score (nSPS) is 24.3. The number of hydrogen-bond acceptors (Lipinski definition) is 3. The Morgan fingerprint density at radius 1 is 1.56 bits per heavy atom. The number of halogens is 1. The molecule has 0 aromatic heterocycles. The average Bonchev–Trinajstić information content (AvgIpc) is 2.66. The maximum absolute atomic E-state index is 10.7. The van der Waals surface area contributed by atoms with Crippen molar-refractivity contribution in [3.8, 4) is 5.75 Å². The van der Waals surface area contributed by atoms with Gasteiger partial charge in [-0.05, 0) is 18.2 Å². The molecule has 2 N–H and O–H groups in total. The van der Waals surface area contributed by atoms with Gasteiger partial charge in [0.1, 0.15) is 17.9 Å². The van der Waals surface area contributed by atoms with Crippen LogP contribution in [0.2, 0.25) is 5.02 Å². The van der Waals surface area contributed by atoms with E-state index in [1.54, 1.807) is 24.3 Å². The molecule has 1 heterocycles. The van der Waals surface area contributed by atoms with Gasteiger partial charge in [0.25, 0.3) is 0 Å². The zero-order valence-corrected chi connectivity index (χ0v) is 9.28. The van der Waals surface area contributed by atoms with Gasteiger partial charge in [0.2, 0.25) is 0 Å². The molecule has 0 unspecified atom stereocenters. The fourth-order valence-electron chi connectivity index (χ4n) is 1.71. The summed E-state index contributed by atoms with van der Waals surface area (Å²) < 4.78 is 5.63. The Morgan fingerprint density at radius 3 is 3.00 bits per heavy atom. The van der Waals surface area contributed by atoms with Crippen LogP contribution in [0.25, 0.3) is 0 Å². The Morgan fingerprint density at radius 2 is 2.38 bits per heavy atom. The molecule has 0 spiro atoms. The summed E-state index contributed by atoms with van der Waals surface area (Å²) in [4.78, 5) is 10.7. The number of rotatable bonds is 3. The van der Waals surface area contributed by atoms with Crippen molar-refractivity contribution >= 4 is 17.6 Å². The molecule has 1 saturated heterocycles. The number of aliphatic carboxylic acids is 1. The van der Waals surface area contributed by atoms with Crippen LogP contribution in [0.4, 0.5) is 0 Å². The van der Waals surface area contributed by atoms with Crippen LogP contribution in [-0.2, 0) is 4.79 Å². The summed E-state index contributed by atoms with van der Waals surface area (Å²) in [7, 11) is 0. The first-order valence-corrected chi connectivity index (χ1v) is 5.41. The minimum absolute atomic E-state index is 0.112. The van der Waals surface area contributed by atoms with E-state index in [9.17, 15) is 4.79 Å². The molecule has 1 aliphatic rings. The van der Waals surface area contributed by atoms with E-state index < -0.39 is 12.0 Å². The van der Waals surface area contributed by atoms with Crippen molar-refractivity contribution in [1.29, 1.82) is 0 Å². The highest BCUT2D eigenvalue weighted by Gasteiger charge is 2.30. The maximum atomic E-state index is 10.7. The summed E-state index contributed by atoms with van der Waals surface area (Å²) in [5.41, 5.74) is 0. The highest BCUT2D eigenvalue weighted by Crippen LogP contribution is 2.21. The van der Waals surface area contributed by atoms with Gasteiger partial charge in [-0.1, -0.05) is 17.7 Å². The first kappa shape index (κ1) is 11.2. The van der Waals surface area contributed by atoms with Gasteiger partial charge in [0.05, 0.1) is 0 Å². The first-order chi connectivity index (χ1) is 7.65. The Bertz CT molecular complexity index is 397. The molecule has 5 heteroatoms. The Hall–Kier alpha value is -1.26. The zero-order chi connectivity index (χ0) is 11.5. The lowest BCUT2D eigenvalue weighted by atomic mass is 10.2. The lowest BCUT2D eigenvalue weighted by molar-refractivity contribution is -0.139. The zero-order valence-electron chi connectivity index (χ0n) is 8.52. The van der Waals surface area contributed by atoms with Gasteiger partial charge in [-0.15, -0.1) is 0 Å². The van der Waals surface area contributed by atoms with Crippen LogP contribution in [0, 0.1) is 0 Å². The van der Waals surface area contributed by atoms with E-state index in [0.717, 1.165) is 0 Å². The standard InChI is InChI=1S/C11H12ClNO3/c12-7-2-1-3-8(4-7)16-9-5-10(11(14)15)13-6-9/h1-4,9-10,13H,5-6H2,(H,14,15)/t9-,10+/m1/s1. The molecular weight excluding hydrogens is 230 g/mol. The molecule has 2 rings (SSSR count). The van der Waals surface area contributed by atoms with Crippen molar-refractivity contribution in [3.63, 3.8) is 0 Å². The summed E-state index contributed by atoms with van der Waals surface area (Å²) in [6.07, 6.45) is 0.363. The molecule has 1 aromatic rings. The molecule has 0 amide bonds. The fourth-order valence-corrected chi connectivity index (χ4v) is 1.89. The predicted octanol–water partition coefficient (Wildman–Crippen LogP) is 1.53. The largest absolute Gasteiger partial charge is 0.489 e. The highest BCUT2D eigenvalue weighted by atomic mass is 35.5. The van der Waals surface area contributed by atoms with Crippen molar-refractivity contribution in [2.45, 2.75) is 18.6 Å². The Labute approximate surface area is 98.2 Å². The van der Waals surface area contributed by atoms with Crippen molar-refractivity contribution < 1.29 is 14.6 Å². The van der Waals surface area contributed by atoms with Crippen molar-refractivity contribution in [1.82, 2.24) is 5.32 Å². The fraction of sp³-hybridized carbons (Fsp3) is 0.364. The SMILES string of the molecule is O=C(O)[C@@H]1C[C@@H](Oc2cccc(Cl)c2)CN1. The molecule has 4 nitrogen and oxygen atoms in total. The minimum atomic E-state index is -0.836. The van der Waals surface area contributed by atoms with Crippen LogP contribution in [-0.4, -0.2) is 29.8 Å². The van der Waals surface area contributed by atoms with E-state index in [1.807, 2.05) is 0 Å². The lowest BCUT2D eigenvalue weighted by Gasteiger charge is -2.12. The third-order valence-corrected chi connectivity index (χ3v) is 2.72. The molecule has 0 saturated carbocycles. The Balaban J connectivity index is 1.94. The third kappa shape index (κ3) is 2.65. The lowest BCUT2D eigenvalue weighted by Crippen LogP contribution is -2.30. The number of carbonyl (C=O) groups is 1. The highest BCUT2D eigenvalue weighted by molar-refractivity contribution is 6.30. The van der Waals surface area contributed by atoms with Crippen molar-refractivity contribution in [2.75, 3.05) is 6.54 Å². The van der Waals surface area contributed by atoms with Crippen LogP contribution in [0.5, 0.6) is 5.75 Å². The number of hydrogen-bond donors (Lipinski definition) is 2. The smallest absolute Gasteiger partial charge is 0.320 e. The number of carboxylic acid groups (broad SMARTS) is 1. The number of carboxylic acids is 1. The number of benzene rings is 1. The molecule has 16 heavy (non-hydrogen) atoms. The van der Waals surface area contributed by atoms with Gasteiger partial charge in [-0.2, -0.15) is 0 Å². The predicted molar refractivity (Wildman–Crippen MR) is 59.9 cm³/mol. The van der Waals surface area contributed by atoms with Crippen LogP contribution in [0.1, 0.15) is 6.42 Å². The van der Waals surface area contributed by atoms with Crippen LogP contribution in [0.15, 0.2) is 24.3 Å². The van der Waals surface area contributed by atoms with Gasteiger partial charge < -0.3 is 15.2 Å². The summed E-state index contributed by atoms with van der Waals surface area (Å²) >= 11 is 5.82. The minimum Gasteiger partial charge on any atom is -0.489 e. The summed E-state index contributed by atoms with van der Waals surface area (Å²) in [5, 5.41) is 12.3. The van der Waals surface area contributed by atoms with Gasteiger partial charge in [0.15, 0.2) is 0 Å². The van der Waals surface area contributed by atoms with Crippen molar-refractivity contribution in [2.24, 2.45) is 0 Å². The Kier molecular flexibility index (Phi) is 3.31. The van der Waals surface area contributed by atoms with Gasteiger partial charge >= 0.3 is 5.97 Å². The monoisotopic (exact) mass is 241 g/mol. The molecule has 0 radical (unpaired) electrons. The molecule has 86 valence electrons. The van der Waals surface area contributed by atoms with E-state index in [0.29, 0.717) is 23.7 Å². The second kappa shape index (κ2) is 4.72. The first-order valence-electron chi connectivity index (χ1n) is 5.03. The van der Waals surface area contributed by atoms with E-state index in [1.165, 1.54) is 0 Å². The quantitative estimate of drug-likeness (QED) is 0.843. The topological polar surface area (TPSA) is 58.6 Å². The van der Waals surface area contributed by atoms with Crippen molar-refractivity contribution in [3.05, 3.63) is 29.3 Å². The van der Waals surface area contributed by atoms with Crippen LogP contribution < -0.4 is 10.1 Å². The van der Waals surface area contributed by atoms with E-state index >= 15 is 0 Å². The van der Waals surface area contributed by atoms with Gasteiger partial charge in [-0.25, -0.2) is 0 Å². The molecular formula is C11H12ClNO3. The summed E-state index contributed by atoms with van der Waals surface area (Å²) in [6, 6.07) is 6.58. The van der Waals surface area contributed by atoms with Crippen LogP contribution >= 0.6 is 11.6 Å². The van der Waals surface area contributed by atoms with Crippen LogP contribution in [0.3, 0.4) is 0 Å². The molecule has 0 aliphatic carbocycles. The molecule has 1 aliphatic heterocycles. The average molecular weight is 242 g/mol. The molecule has 0 bridgehead atoms. The van der Waals surface area contributed by atoms with Gasteiger partial charge in [0, 0.05) is 18.0 Å². The third-order valence-electron chi connectivity index (χ3n) is 2.49. The molecule has 2 atom stereocenters. The summed E-state index contributed by atoms with van der Waals surface area (Å²) in [5.74, 6) is -0.164. The molecule has 1 aromatic carbocycles. The van der Waals surface area contributed by atoms with Gasteiger partial charge in [-0.3, -0.25) is 4.79 Å². The molecule has 1 fully saturated rings. The second-order valence-corrected chi connectivity index (χ2v) is 4.17. The number of nitrogens with one attached hydrogen (secondary N) is 1. The second-order valence-electron chi connectivity index (χ2n) is 3.73. The number of ether oxygens (including phenoxy) is 1. The maximum Gasteiger partial charge on any atom is 0.320 e. The van der Waals surface area contributed by atoms with E-state index in [4.69, 9.17) is 21.4 Å². The van der Waals surface area contributed by atoms with E-state index in [-0.39, 0.29) is 6.10 Å². The summed E-state index contributed by atoms with van der Waals surface area (Å²) in [6.45, 7) is 0.545.